The molecule has 3 fully saturated rings. The Kier molecular flexibility index (Phi) is 4.52. The van der Waals surface area contributed by atoms with Crippen molar-refractivity contribution in [1.82, 2.24) is 20.0 Å². The van der Waals surface area contributed by atoms with E-state index in [2.05, 4.69) is 10.2 Å². The fourth-order valence-electron chi connectivity index (χ4n) is 4.28. The zero-order chi connectivity index (χ0) is 17.5. The number of β-amino-alcohol motifs (C(OH)–C–C–N with tert-alkyl or cyclic N) is 1. The molecule has 3 aliphatic heterocycles. The van der Waals surface area contributed by atoms with Gasteiger partial charge in [0.15, 0.2) is 0 Å². The van der Waals surface area contributed by atoms with E-state index in [1.54, 1.807) is 11.8 Å². The van der Waals surface area contributed by atoms with Crippen molar-refractivity contribution in [3.8, 4) is 0 Å². The van der Waals surface area contributed by atoms with Gasteiger partial charge in [0.25, 0.3) is 0 Å². The van der Waals surface area contributed by atoms with Crippen LogP contribution in [0, 0.1) is 0 Å². The SMILES string of the molecule is CC(=O)NCCC(=O)N1CC2(CN(C(C)=O)CC3CC(O)CN32)C1. The third-order valence-electron chi connectivity index (χ3n) is 5.40. The Balaban J connectivity index is 1.61. The molecule has 0 aromatic carbocycles. The summed E-state index contributed by atoms with van der Waals surface area (Å²) in [6.07, 6.45) is 0.614. The summed E-state index contributed by atoms with van der Waals surface area (Å²) in [5.74, 6) is -0.0716. The van der Waals surface area contributed by atoms with Gasteiger partial charge in [0, 0.05) is 65.6 Å². The van der Waals surface area contributed by atoms with E-state index < -0.39 is 0 Å². The lowest BCUT2D eigenvalue weighted by Gasteiger charge is -2.60. The van der Waals surface area contributed by atoms with Crippen molar-refractivity contribution in [1.29, 1.82) is 0 Å². The van der Waals surface area contributed by atoms with Crippen LogP contribution in [-0.4, -0.2) is 94.5 Å². The van der Waals surface area contributed by atoms with Gasteiger partial charge in [-0.15, -0.1) is 0 Å². The molecule has 3 aliphatic rings. The molecular weight excluding hydrogens is 312 g/mol. The van der Waals surface area contributed by atoms with Crippen molar-refractivity contribution in [2.75, 3.05) is 39.3 Å². The Morgan fingerprint density at radius 1 is 1.12 bits per heavy atom. The number of hydrogen-bond donors (Lipinski definition) is 2. The van der Waals surface area contributed by atoms with Gasteiger partial charge < -0.3 is 20.2 Å². The molecule has 134 valence electrons. The van der Waals surface area contributed by atoms with Gasteiger partial charge in [-0.25, -0.2) is 0 Å². The largest absolute Gasteiger partial charge is 0.392 e. The Morgan fingerprint density at radius 3 is 2.42 bits per heavy atom. The van der Waals surface area contributed by atoms with E-state index in [1.165, 1.54) is 6.92 Å². The zero-order valence-corrected chi connectivity index (χ0v) is 14.3. The second-order valence-corrected chi connectivity index (χ2v) is 7.30. The molecule has 3 amide bonds. The monoisotopic (exact) mass is 338 g/mol. The number of aliphatic hydroxyl groups is 1. The van der Waals surface area contributed by atoms with Crippen LogP contribution in [0.25, 0.3) is 0 Å². The average molecular weight is 338 g/mol. The second-order valence-electron chi connectivity index (χ2n) is 7.30. The Morgan fingerprint density at radius 2 is 1.79 bits per heavy atom. The van der Waals surface area contributed by atoms with Crippen LogP contribution in [0.4, 0.5) is 0 Å². The van der Waals surface area contributed by atoms with E-state index in [1.807, 2.05) is 4.90 Å². The van der Waals surface area contributed by atoms with E-state index >= 15 is 0 Å². The quantitative estimate of drug-likeness (QED) is 0.646. The molecule has 2 unspecified atom stereocenters. The van der Waals surface area contributed by atoms with Crippen LogP contribution in [0.3, 0.4) is 0 Å². The molecule has 24 heavy (non-hydrogen) atoms. The van der Waals surface area contributed by atoms with Crippen LogP contribution >= 0.6 is 0 Å². The van der Waals surface area contributed by atoms with E-state index in [0.29, 0.717) is 45.7 Å². The maximum absolute atomic E-state index is 12.2. The van der Waals surface area contributed by atoms with Crippen LogP contribution < -0.4 is 5.32 Å². The topological polar surface area (TPSA) is 93.2 Å². The molecule has 0 saturated carbocycles. The third-order valence-corrected chi connectivity index (χ3v) is 5.40. The van der Waals surface area contributed by atoms with Crippen LogP contribution in [0.5, 0.6) is 0 Å². The van der Waals surface area contributed by atoms with Gasteiger partial charge in [0.2, 0.25) is 17.7 Å². The van der Waals surface area contributed by atoms with Crippen molar-refractivity contribution in [3.63, 3.8) is 0 Å². The second kappa shape index (κ2) is 6.33. The number of rotatable bonds is 3. The molecule has 2 N–H and O–H groups in total. The standard InChI is InChI=1S/C16H26N4O4/c1-11(21)17-4-3-15(24)19-9-16(10-19)8-18(12(2)22)6-13-5-14(23)7-20(13)16/h13-14,23H,3-10H2,1-2H3,(H,17,21). The molecule has 3 saturated heterocycles. The number of carbonyl (C=O) groups excluding carboxylic acids is 3. The predicted octanol–water partition coefficient (Wildman–Crippen LogP) is -1.61. The predicted molar refractivity (Wildman–Crippen MR) is 86.0 cm³/mol. The number of carbonyl (C=O) groups is 3. The average Bonchev–Trinajstić information content (AvgIpc) is 2.83. The molecule has 3 heterocycles. The van der Waals surface area contributed by atoms with Crippen LogP contribution in [0.1, 0.15) is 26.7 Å². The summed E-state index contributed by atoms with van der Waals surface area (Å²) in [6, 6.07) is 0.175. The molecule has 0 aliphatic carbocycles. The molecule has 0 aromatic rings. The maximum Gasteiger partial charge on any atom is 0.224 e. The van der Waals surface area contributed by atoms with Crippen molar-refractivity contribution >= 4 is 17.7 Å². The fraction of sp³-hybridized carbons (Fsp3) is 0.812. The van der Waals surface area contributed by atoms with Crippen LogP contribution in [-0.2, 0) is 14.4 Å². The molecule has 0 bridgehead atoms. The van der Waals surface area contributed by atoms with Crippen molar-refractivity contribution in [2.45, 2.75) is 44.4 Å². The smallest absolute Gasteiger partial charge is 0.224 e. The summed E-state index contributed by atoms with van der Waals surface area (Å²) < 4.78 is 0. The number of piperazine rings is 1. The minimum Gasteiger partial charge on any atom is -0.392 e. The molecule has 0 radical (unpaired) electrons. The number of aliphatic hydroxyl groups excluding tert-OH is 1. The number of likely N-dealkylation sites (tertiary alicyclic amines) is 1. The van der Waals surface area contributed by atoms with E-state index in [9.17, 15) is 19.5 Å². The van der Waals surface area contributed by atoms with Gasteiger partial charge in [-0.2, -0.15) is 0 Å². The lowest BCUT2D eigenvalue weighted by molar-refractivity contribution is -0.161. The first kappa shape index (κ1) is 17.2. The lowest BCUT2D eigenvalue weighted by atomic mass is 9.83. The van der Waals surface area contributed by atoms with E-state index in [0.717, 1.165) is 0 Å². The number of fused-ring (bicyclic) bond motifs is 2. The number of amides is 3. The summed E-state index contributed by atoms with van der Waals surface area (Å²) in [4.78, 5) is 40.9. The highest BCUT2D eigenvalue weighted by Gasteiger charge is 2.57. The zero-order valence-electron chi connectivity index (χ0n) is 14.3. The summed E-state index contributed by atoms with van der Waals surface area (Å²) in [7, 11) is 0. The number of nitrogens with one attached hydrogen (secondary N) is 1. The fourth-order valence-corrected chi connectivity index (χ4v) is 4.28. The Bertz CT molecular complexity index is 546. The van der Waals surface area contributed by atoms with Gasteiger partial charge in [0.1, 0.15) is 0 Å². The normalized spacial score (nSPS) is 28.5. The van der Waals surface area contributed by atoms with Gasteiger partial charge in [0.05, 0.1) is 11.6 Å². The van der Waals surface area contributed by atoms with Crippen LogP contribution in [0.2, 0.25) is 0 Å². The van der Waals surface area contributed by atoms with Crippen molar-refractivity contribution in [3.05, 3.63) is 0 Å². The van der Waals surface area contributed by atoms with Gasteiger partial charge in [-0.3, -0.25) is 19.3 Å². The Labute approximate surface area is 141 Å². The van der Waals surface area contributed by atoms with Crippen molar-refractivity contribution in [2.24, 2.45) is 0 Å². The summed E-state index contributed by atoms with van der Waals surface area (Å²) >= 11 is 0. The van der Waals surface area contributed by atoms with Crippen molar-refractivity contribution < 1.29 is 19.5 Å². The molecule has 3 rings (SSSR count). The molecule has 8 nitrogen and oxygen atoms in total. The first-order valence-corrected chi connectivity index (χ1v) is 8.53. The minimum atomic E-state index is -0.358. The van der Waals surface area contributed by atoms with Gasteiger partial charge in [-0.05, 0) is 6.42 Å². The lowest BCUT2D eigenvalue weighted by Crippen LogP contribution is -2.79. The Hall–Kier alpha value is -1.67. The molecule has 2 atom stereocenters. The highest BCUT2D eigenvalue weighted by atomic mass is 16.3. The summed E-state index contributed by atoms with van der Waals surface area (Å²) in [6.45, 7) is 6.40. The van der Waals surface area contributed by atoms with Gasteiger partial charge >= 0.3 is 0 Å². The van der Waals surface area contributed by atoms with E-state index in [4.69, 9.17) is 0 Å². The highest BCUT2D eigenvalue weighted by Crippen LogP contribution is 2.39. The summed E-state index contributed by atoms with van der Waals surface area (Å²) in [5, 5.41) is 12.6. The molecule has 0 aromatic heterocycles. The van der Waals surface area contributed by atoms with Gasteiger partial charge in [-0.1, -0.05) is 0 Å². The number of nitrogens with zero attached hydrogens (tertiary/aromatic N) is 3. The minimum absolute atomic E-state index is 0.0191. The van der Waals surface area contributed by atoms with Crippen LogP contribution in [0.15, 0.2) is 0 Å². The molecular formula is C16H26N4O4. The first-order valence-electron chi connectivity index (χ1n) is 8.53. The van der Waals surface area contributed by atoms with E-state index in [-0.39, 0.29) is 41.8 Å². The highest BCUT2D eigenvalue weighted by molar-refractivity contribution is 5.79. The summed E-state index contributed by atoms with van der Waals surface area (Å²) in [5.41, 5.74) is -0.226. The molecule has 8 heteroatoms. The first-order chi connectivity index (χ1) is 11.3. The third kappa shape index (κ3) is 3.12. The number of hydrogen-bond acceptors (Lipinski definition) is 5. The molecule has 1 spiro atoms. The maximum atomic E-state index is 12.2.